The van der Waals surface area contributed by atoms with Crippen LogP contribution in [0.25, 0.3) is 11.5 Å². The first-order chi connectivity index (χ1) is 8.70. The summed E-state index contributed by atoms with van der Waals surface area (Å²) >= 11 is 5.81. The summed E-state index contributed by atoms with van der Waals surface area (Å²) in [6, 6.07) is 4.21. The molecule has 0 unspecified atom stereocenters. The maximum absolute atomic E-state index is 13.6. The lowest BCUT2D eigenvalue weighted by atomic mass is 10.2. The van der Waals surface area contributed by atoms with Crippen molar-refractivity contribution in [2.24, 2.45) is 0 Å². The summed E-state index contributed by atoms with van der Waals surface area (Å²) in [4.78, 5) is 0. The fourth-order valence-electron chi connectivity index (χ4n) is 1.47. The van der Waals surface area contributed by atoms with Gasteiger partial charge in [-0.05, 0) is 31.2 Å². The molecule has 0 atom stereocenters. The van der Waals surface area contributed by atoms with Crippen LogP contribution in [0.4, 0.5) is 4.39 Å². The topological polar surface area (TPSA) is 51.0 Å². The molecule has 0 aliphatic rings. The van der Waals surface area contributed by atoms with Gasteiger partial charge in [-0.25, -0.2) is 4.39 Å². The SMILES string of the molecule is CCCNCc1nnc(-c2cc(Cl)ccc2F)o1. The average Bonchev–Trinajstić information content (AvgIpc) is 2.81. The number of nitrogens with one attached hydrogen (secondary N) is 1. The van der Waals surface area contributed by atoms with Crippen molar-refractivity contribution in [1.82, 2.24) is 15.5 Å². The molecule has 18 heavy (non-hydrogen) atoms. The summed E-state index contributed by atoms with van der Waals surface area (Å²) in [6.45, 7) is 3.40. The summed E-state index contributed by atoms with van der Waals surface area (Å²) in [5, 5.41) is 11.2. The van der Waals surface area contributed by atoms with Gasteiger partial charge in [0.2, 0.25) is 5.89 Å². The fourth-order valence-corrected chi connectivity index (χ4v) is 1.64. The van der Waals surface area contributed by atoms with Crippen LogP contribution in [0.2, 0.25) is 5.02 Å². The number of halogens is 2. The zero-order valence-corrected chi connectivity index (χ0v) is 10.7. The molecule has 0 fully saturated rings. The Labute approximate surface area is 109 Å². The molecule has 0 radical (unpaired) electrons. The predicted octanol–water partition coefficient (Wildman–Crippen LogP) is 3.03. The molecule has 0 aliphatic heterocycles. The van der Waals surface area contributed by atoms with Crippen molar-refractivity contribution in [2.45, 2.75) is 19.9 Å². The molecular formula is C12H13ClFN3O. The molecule has 6 heteroatoms. The van der Waals surface area contributed by atoms with Gasteiger partial charge in [-0.15, -0.1) is 10.2 Å². The molecule has 1 aromatic carbocycles. The summed E-state index contributed by atoms with van der Waals surface area (Å²) in [5.41, 5.74) is 0.219. The largest absolute Gasteiger partial charge is 0.419 e. The third-order valence-electron chi connectivity index (χ3n) is 2.33. The van der Waals surface area contributed by atoms with E-state index in [1.807, 2.05) is 0 Å². The van der Waals surface area contributed by atoms with Gasteiger partial charge in [-0.1, -0.05) is 18.5 Å². The molecule has 0 saturated heterocycles. The van der Waals surface area contributed by atoms with E-state index in [9.17, 15) is 4.39 Å². The third kappa shape index (κ3) is 3.05. The summed E-state index contributed by atoms with van der Waals surface area (Å²) < 4.78 is 18.9. The Balaban J connectivity index is 2.16. The van der Waals surface area contributed by atoms with Crippen LogP contribution in [-0.2, 0) is 6.54 Å². The monoisotopic (exact) mass is 269 g/mol. The van der Waals surface area contributed by atoms with E-state index in [1.165, 1.54) is 18.2 Å². The number of hydrogen-bond acceptors (Lipinski definition) is 4. The zero-order valence-electron chi connectivity index (χ0n) is 9.91. The van der Waals surface area contributed by atoms with Crippen LogP contribution in [-0.4, -0.2) is 16.7 Å². The van der Waals surface area contributed by atoms with Crippen molar-refractivity contribution in [3.05, 3.63) is 34.9 Å². The first-order valence-electron chi connectivity index (χ1n) is 5.69. The highest BCUT2D eigenvalue weighted by atomic mass is 35.5. The molecule has 4 nitrogen and oxygen atoms in total. The van der Waals surface area contributed by atoms with Gasteiger partial charge in [0, 0.05) is 5.02 Å². The van der Waals surface area contributed by atoms with Crippen molar-refractivity contribution in [3.63, 3.8) is 0 Å². The molecule has 2 aromatic rings. The van der Waals surface area contributed by atoms with Crippen LogP contribution in [0, 0.1) is 5.82 Å². The highest BCUT2D eigenvalue weighted by molar-refractivity contribution is 6.30. The van der Waals surface area contributed by atoms with Gasteiger partial charge in [0.15, 0.2) is 0 Å². The molecule has 1 N–H and O–H groups in total. The lowest BCUT2D eigenvalue weighted by molar-refractivity contribution is 0.475. The van der Waals surface area contributed by atoms with Crippen molar-refractivity contribution >= 4 is 11.6 Å². The summed E-state index contributed by atoms with van der Waals surface area (Å²) in [6.07, 6.45) is 1.02. The molecular weight excluding hydrogens is 257 g/mol. The quantitative estimate of drug-likeness (QED) is 0.848. The van der Waals surface area contributed by atoms with Crippen LogP contribution in [0.5, 0.6) is 0 Å². The van der Waals surface area contributed by atoms with E-state index in [-0.39, 0.29) is 11.5 Å². The predicted molar refractivity (Wildman–Crippen MR) is 66.7 cm³/mol. The Morgan fingerprint density at radius 3 is 3.00 bits per heavy atom. The number of nitrogens with zero attached hydrogens (tertiary/aromatic N) is 2. The van der Waals surface area contributed by atoms with E-state index < -0.39 is 5.82 Å². The molecule has 0 bridgehead atoms. The zero-order chi connectivity index (χ0) is 13.0. The summed E-state index contributed by atoms with van der Waals surface area (Å²) in [5.74, 6) is 0.136. The Hall–Kier alpha value is -1.46. The van der Waals surface area contributed by atoms with Crippen LogP contribution in [0.15, 0.2) is 22.6 Å². The number of rotatable bonds is 5. The second-order valence-electron chi connectivity index (χ2n) is 3.80. The van der Waals surface area contributed by atoms with E-state index >= 15 is 0 Å². The first-order valence-corrected chi connectivity index (χ1v) is 6.07. The van der Waals surface area contributed by atoms with Crippen LogP contribution >= 0.6 is 11.6 Å². The smallest absolute Gasteiger partial charge is 0.250 e. The van der Waals surface area contributed by atoms with Crippen LogP contribution < -0.4 is 5.32 Å². The lowest BCUT2D eigenvalue weighted by Gasteiger charge is -1.99. The molecule has 1 aromatic heterocycles. The van der Waals surface area contributed by atoms with Crippen LogP contribution in [0.3, 0.4) is 0 Å². The fraction of sp³-hybridized carbons (Fsp3) is 0.333. The van der Waals surface area contributed by atoms with Crippen molar-refractivity contribution < 1.29 is 8.81 Å². The van der Waals surface area contributed by atoms with E-state index in [2.05, 4.69) is 22.4 Å². The Kier molecular flexibility index (Phi) is 4.28. The minimum absolute atomic E-state index is 0.142. The highest BCUT2D eigenvalue weighted by Gasteiger charge is 2.13. The van der Waals surface area contributed by atoms with Gasteiger partial charge < -0.3 is 9.73 Å². The van der Waals surface area contributed by atoms with E-state index in [0.29, 0.717) is 17.5 Å². The minimum Gasteiger partial charge on any atom is -0.419 e. The normalized spacial score (nSPS) is 10.8. The molecule has 1 heterocycles. The maximum atomic E-state index is 13.6. The van der Waals surface area contributed by atoms with E-state index in [4.69, 9.17) is 16.0 Å². The Morgan fingerprint density at radius 1 is 1.39 bits per heavy atom. The van der Waals surface area contributed by atoms with Crippen LogP contribution in [0.1, 0.15) is 19.2 Å². The first kappa shape index (κ1) is 13.0. The molecule has 2 rings (SSSR count). The van der Waals surface area contributed by atoms with Gasteiger partial charge in [0.1, 0.15) is 5.82 Å². The Bertz CT molecular complexity index is 530. The highest BCUT2D eigenvalue weighted by Crippen LogP contribution is 2.24. The molecule has 0 amide bonds. The lowest BCUT2D eigenvalue weighted by Crippen LogP contribution is -2.13. The number of hydrogen-bond donors (Lipinski definition) is 1. The third-order valence-corrected chi connectivity index (χ3v) is 2.56. The van der Waals surface area contributed by atoms with Gasteiger partial charge in [0.25, 0.3) is 5.89 Å². The van der Waals surface area contributed by atoms with Gasteiger partial charge in [-0.3, -0.25) is 0 Å². The number of benzene rings is 1. The van der Waals surface area contributed by atoms with E-state index in [0.717, 1.165) is 13.0 Å². The molecule has 0 saturated carbocycles. The molecule has 0 spiro atoms. The standard InChI is InChI=1S/C12H13ClFN3O/c1-2-5-15-7-11-16-17-12(18-11)9-6-8(13)3-4-10(9)14/h3-4,6,15H,2,5,7H2,1H3. The minimum atomic E-state index is -0.434. The van der Waals surface area contributed by atoms with Gasteiger partial charge in [0.05, 0.1) is 12.1 Å². The van der Waals surface area contributed by atoms with Crippen molar-refractivity contribution in [2.75, 3.05) is 6.54 Å². The maximum Gasteiger partial charge on any atom is 0.250 e. The Morgan fingerprint density at radius 2 is 2.22 bits per heavy atom. The summed E-state index contributed by atoms with van der Waals surface area (Å²) in [7, 11) is 0. The second-order valence-corrected chi connectivity index (χ2v) is 4.24. The molecule has 0 aliphatic carbocycles. The second kappa shape index (κ2) is 5.93. The van der Waals surface area contributed by atoms with E-state index in [1.54, 1.807) is 0 Å². The number of aromatic nitrogens is 2. The molecule has 96 valence electrons. The van der Waals surface area contributed by atoms with Crippen molar-refractivity contribution in [3.8, 4) is 11.5 Å². The average molecular weight is 270 g/mol. The van der Waals surface area contributed by atoms with Gasteiger partial charge in [-0.2, -0.15) is 0 Å². The van der Waals surface area contributed by atoms with Crippen molar-refractivity contribution in [1.29, 1.82) is 0 Å². The van der Waals surface area contributed by atoms with Gasteiger partial charge >= 0.3 is 0 Å².